The Kier molecular flexibility index (Phi) is 8.25. The van der Waals surface area contributed by atoms with Gasteiger partial charge in [0.05, 0.1) is 11.5 Å². The van der Waals surface area contributed by atoms with Gasteiger partial charge in [-0.15, -0.1) is 0 Å². The number of amides is 1. The van der Waals surface area contributed by atoms with Crippen LogP contribution in [0.1, 0.15) is 12.5 Å². The Bertz CT molecular complexity index is 941. The maximum Gasteiger partial charge on any atom is 0.331 e. The SMILES string of the molecule is CCOC(=O)CN(C(=O)COC(=O)/C=C/c1cccc([N+](=O)[O-])c1)c1ccccc1. The van der Waals surface area contributed by atoms with Crippen molar-refractivity contribution in [2.75, 3.05) is 24.7 Å². The average Bonchev–Trinajstić information content (AvgIpc) is 2.75. The topological polar surface area (TPSA) is 116 Å². The van der Waals surface area contributed by atoms with E-state index in [0.717, 1.165) is 11.0 Å². The fourth-order valence-electron chi connectivity index (χ4n) is 2.43. The minimum Gasteiger partial charge on any atom is -0.465 e. The number of non-ortho nitro benzene ring substituents is 1. The van der Waals surface area contributed by atoms with E-state index in [-0.39, 0.29) is 18.8 Å². The Hall–Kier alpha value is -4.01. The standard InChI is InChI=1S/C21H20N2O7/c1-2-29-21(26)14-22(17-8-4-3-5-9-17)19(24)15-30-20(25)12-11-16-7-6-10-18(13-16)23(27)28/h3-13H,2,14-15H2,1H3/b12-11+. The van der Waals surface area contributed by atoms with Crippen LogP contribution in [-0.4, -0.2) is 42.5 Å². The molecule has 0 aliphatic rings. The number of nitro groups is 1. The third kappa shape index (κ3) is 6.86. The molecule has 0 saturated heterocycles. The lowest BCUT2D eigenvalue weighted by molar-refractivity contribution is -0.384. The molecule has 156 valence electrons. The van der Waals surface area contributed by atoms with Gasteiger partial charge in [0.2, 0.25) is 0 Å². The summed E-state index contributed by atoms with van der Waals surface area (Å²) < 4.78 is 9.83. The Morgan fingerprint density at radius 2 is 1.80 bits per heavy atom. The van der Waals surface area contributed by atoms with Gasteiger partial charge in [0.15, 0.2) is 6.61 Å². The first-order chi connectivity index (χ1) is 14.4. The van der Waals surface area contributed by atoms with Crippen LogP contribution in [0.2, 0.25) is 0 Å². The molecule has 0 fully saturated rings. The van der Waals surface area contributed by atoms with Crippen molar-refractivity contribution in [3.8, 4) is 0 Å². The molecule has 0 aliphatic carbocycles. The minimum atomic E-state index is -0.806. The molecular weight excluding hydrogens is 392 g/mol. The third-order valence-electron chi connectivity index (χ3n) is 3.79. The van der Waals surface area contributed by atoms with E-state index < -0.39 is 29.4 Å². The predicted molar refractivity (Wildman–Crippen MR) is 109 cm³/mol. The van der Waals surface area contributed by atoms with Crippen molar-refractivity contribution < 1.29 is 28.8 Å². The van der Waals surface area contributed by atoms with E-state index in [1.807, 2.05) is 0 Å². The summed E-state index contributed by atoms with van der Waals surface area (Å²) in [6.07, 6.45) is 2.40. The highest BCUT2D eigenvalue weighted by Crippen LogP contribution is 2.15. The molecule has 2 rings (SSSR count). The molecule has 0 aliphatic heterocycles. The zero-order chi connectivity index (χ0) is 21.9. The second-order valence-electron chi connectivity index (χ2n) is 5.91. The van der Waals surface area contributed by atoms with E-state index in [2.05, 4.69) is 0 Å². The quantitative estimate of drug-likeness (QED) is 0.269. The first-order valence-corrected chi connectivity index (χ1v) is 9.01. The van der Waals surface area contributed by atoms with Crippen LogP contribution in [0, 0.1) is 10.1 Å². The van der Waals surface area contributed by atoms with Crippen molar-refractivity contribution in [2.24, 2.45) is 0 Å². The van der Waals surface area contributed by atoms with Crippen LogP contribution in [-0.2, 0) is 23.9 Å². The van der Waals surface area contributed by atoms with E-state index >= 15 is 0 Å². The predicted octanol–water partition coefficient (Wildman–Crippen LogP) is 2.75. The van der Waals surface area contributed by atoms with Crippen LogP contribution < -0.4 is 4.90 Å². The number of hydrogen-bond donors (Lipinski definition) is 0. The smallest absolute Gasteiger partial charge is 0.331 e. The number of anilines is 1. The first kappa shape index (κ1) is 22.3. The van der Waals surface area contributed by atoms with Crippen molar-refractivity contribution in [3.05, 3.63) is 76.4 Å². The molecule has 0 heterocycles. The number of hydrogen-bond acceptors (Lipinski definition) is 7. The van der Waals surface area contributed by atoms with Crippen LogP contribution in [0.15, 0.2) is 60.7 Å². The summed E-state index contributed by atoms with van der Waals surface area (Å²) in [5, 5.41) is 10.8. The van der Waals surface area contributed by atoms with Crippen molar-refractivity contribution >= 4 is 35.3 Å². The van der Waals surface area contributed by atoms with Gasteiger partial charge in [-0.2, -0.15) is 0 Å². The van der Waals surface area contributed by atoms with Crippen LogP contribution >= 0.6 is 0 Å². The Morgan fingerprint density at radius 1 is 1.07 bits per heavy atom. The van der Waals surface area contributed by atoms with Crippen LogP contribution in [0.4, 0.5) is 11.4 Å². The van der Waals surface area contributed by atoms with Crippen molar-refractivity contribution in [1.29, 1.82) is 0 Å². The van der Waals surface area contributed by atoms with Gasteiger partial charge in [-0.3, -0.25) is 24.6 Å². The summed E-state index contributed by atoms with van der Waals surface area (Å²) in [4.78, 5) is 47.7. The molecule has 0 radical (unpaired) electrons. The fraction of sp³-hybridized carbons (Fsp3) is 0.190. The summed E-state index contributed by atoms with van der Waals surface area (Å²) >= 11 is 0. The molecule has 1 amide bonds. The largest absolute Gasteiger partial charge is 0.465 e. The van der Waals surface area contributed by atoms with E-state index in [4.69, 9.17) is 9.47 Å². The van der Waals surface area contributed by atoms with Gasteiger partial charge in [0.25, 0.3) is 11.6 Å². The zero-order valence-corrected chi connectivity index (χ0v) is 16.2. The molecule has 0 N–H and O–H groups in total. The zero-order valence-electron chi connectivity index (χ0n) is 16.2. The van der Waals surface area contributed by atoms with Gasteiger partial charge >= 0.3 is 11.9 Å². The van der Waals surface area contributed by atoms with Crippen LogP contribution in [0.3, 0.4) is 0 Å². The second-order valence-corrected chi connectivity index (χ2v) is 5.91. The van der Waals surface area contributed by atoms with Crippen molar-refractivity contribution in [2.45, 2.75) is 6.92 Å². The van der Waals surface area contributed by atoms with Gasteiger partial charge in [0, 0.05) is 23.9 Å². The molecule has 0 spiro atoms. The summed E-state index contributed by atoms with van der Waals surface area (Å²) in [6.45, 7) is 0.916. The normalized spacial score (nSPS) is 10.4. The number of ether oxygens (including phenoxy) is 2. The Balaban J connectivity index is 2.00. The van der Waals surface area contributed by atoms with Gasteiger partial charge in [-0.25, -0.2) is 4.79 Å². The molecule has 0 saturated carbocycles. The molecule has 9 nitrogen and oxygen atoms in total. The second kappa shape index (κ2) is 11.1. The molecule has 9 heteroatoms. The minimum absolute atomic E-state index is 0.113. The number of benzene rings is 2. The highest BCUT2D eigenvalue weighted by Gasteiger charge is 2.20. The summed E-state index contributed by atoms with van der Waals surface area (Å²) in [5.74, 6) is -2.00. The van der Waals surface area contributed by atoms with E-state index in [1.54, 1.807) is 43.3 Å². The van der Waals surface area contributed by atoms with Gasteiger partial charge in [0.1, 0.15) is 6.54 Å². The van der Waals surface area contributed by atoms with Crippen LogP contribution in [0.5, 0.6) is 0 Å². The Labute approximate surface area is 172 Å². The first-order valence-electron chi connectivity index (χ1n) is 9.01. The highest BCUT2D eigenvalue weighted by atomic mass is 16.6. The lowest BCUT2D eigenvalue weighted by atomic mass is 10.2. The monoisotopic (exact) mass is 412 g/mol. The molecule has 0 unspecified atom stereocenters. The number of para-hydroxylation sites is 1. The van der Waals surface area contributed by atoms with Crippen molar-refractivity contribution in [3.63, 3.8) is 0 Å². The van der Waals surface area contributed by atoms with Gasteiger partial charge < -0.3 is 9.47 Å². The number of nitro benzene ring substituents is 1. The molecular formula is C21H20N2O7. The maximum atomic E-state index is 12.5. The number of carbonyl (C=O) groups is 3. The molecule has 2 aromatic rings. The molecule has 0 aromatic heterocycles. The summed E-state index contributed by atoms with van der Waals surface area (Å²) in [6, 6.07) is 14.1. The molecule has 0 bridgehead atoms. The average molecular weight is 412 g/mol. The lowest BCUT2D eigenvalue weighted by Crippen LogP contribution is -2.39. The molecule has 2 aromatic carbocycles. The summed E-state index contributed by atoms with van der Waals surface area (Å²) in [5.41, 5.74) is 0.776. The van der Waals surface area contributed by atoms with Gasteiger partial charge in [-0.1, -0.05) is 30.3 Å². The maximum absolute atomic E-state index is 12.5. The highest BCUT2D eigenvalue weighted by molar-refractivity contribution is 5.99. The molecule has 0 atom stereocenters. The van der Waals surface area contributed by atoms with Crippen LogP contribution in [0.25, 0.3) is 6.08 Å². The van der Waals surface area contributed by atoms with Crippen molar-refractivity contribution in [1.82, 2.24) is 0 Å². The van der Waals surface area contributed by atoms with Gasteiger partial charge in [-0.05, 0) is 30.7 Å². The van der Waals surface area contributed by atoms with E-state index in [0.29, 0.717) is 11.3 Å². The number of nitrogens with zero attached hydrogens (tertiary/aromatic N) is 2. The number of carbonyl (C=O) groups excluding carboxylic acids is 3. The van der Waals surface area contributed by atoms with E-state index in [9.17, 15) is 24.5 Å². The fourth-order valence-corrected chi connectivity index (χ4v) is 2.43. The number of rotatable bonds is 9. The Morgan fingerprint density at radius 3 is 2.47 bits per heavy atom. The number of esters is 2. The molecule has 30 heavy (non-hydrogen) atoms. The lowest BCUT2D eigenvalue weighted by Gasteiger charge is -2.21. The third-order valence-corrected chi connectivity index (χ3v) is 3.79. The van der Waals surface area contributed by atoms with E-state index in [1.165, 1.54) is 24.3 Å². The summed E-state index contributed by atoms with van der Waals surface area (Å²) in [7, 11) is 0.